The number of benzene rings is 1. The van der Waals surface area contributed by atoms with E-state index in [4.69, 9.17) is 9.72 Å². The van der Waals surface area contributed by atoms with Crippen LogP contribution < -0.4 is 30.1 Å². The monoisotopic (exact) mass is 538 g/mol. The van der Waals surface area contributed by atoms with Crippen molar-refractivity contribution < 1.29 is 14.6 Å². The summed E-state index contributed by atoms with van der Waals surface area (Å²) in [6, 6.07) is 6.08. The third kappa shape index (κ3) is 5.75. The molecule has 3 aliphatic heterocycles. The SMILES string of the molecule is CC[C@@H]1C(=O)N(C)c2cnc(Nc3cc(N4CCN(CC)CC4)ccc3OCCO)nc2N1C1CCNCC1. The Balaban J connectivity index is 1.47. The molecule has 11 nitrogen and oxygen atoms in total. The standard InChI is InChI=1S/C28H42N8O3/c1-4-23-27(38)33(3)24-19-30-28(32-26(24)36(23)20-8-10-29-11-9-20)31-22-18-21(6-7-25(22)39-17-16-37)35-14-12-34(5-2)13-15-35/h6-7,18-20,23,29,37H,4-5,8-17H2,1-3H3,(H,30,31,32)/t23-/m1/s1. The maximum absolute atomic E-state index is 13.3. The van der Waals surface area contributed by atoms with E-state index < -0.39 is 0 Å². The van der Waals surface area contributed by atoms with Gasteiger partial charge in [0.25, 0.3) is 0 Å². The highest BCUT2D eigenvalue weighted by Crippen LogP contribution is 2.39. The van der Waals surface area contributed by atoms with Crippen LogP contribution in [-0.2, 0) is 4.79 Å². The minimum atomic E-state index is -0.248. The Hall–Kier alpha value is -3.15. The van der Waals surface area contributed by atoms with Crippen LogP contribution in [0.2, 0.25) is 0 Å². The van der Waals surface area contributed by atoms with E-state index in [1.165, 1.54) is 0 Å². The molecule has 0 saturated carbocycles. The van der Waals surface area contributed by atoms with Crippen molar-refractivity contribution in [3.8, 4) is 5.75 Å². The fourth-order valence-corrected chi connectivity index (χ4v) is 5.88. The van der Waals surface area contributed by atoms with Crippen LogP contribution in [0.5, 0.6) is 5.75 Å². The highest BCUT2D eigenvalue weighted by atomic mass is 16.5. The van der Waals surface area contributed by atoms with Gasteiger partial charge in [-0.15, -0.1) is 0 Å². The molecule has 0 radical (unpaired) electrons. The van der Waals surface area contributed by atoms with Crippen LogP contribution in [0, 0.1) is 0 Å². The Labute approximate surface area is 231 Å². The van der Waals surface area contributed by atoms with Gasteiger partial charge in [-0.2, -0.15) is 4.98 Å². The molecule has 1 atom stereocenters. The molecule has 0 spiro atoms. The van der Waals surface area contributed by atoms with E-state index in [1.54, 1.807) is 11.1 Å². The highest BCUT2D eigenvalue weighted by molar-refractivity contribution is 6.04. The quantitative estimate of drug-likeness (QED) is 0.439. The zero-order valence-electron chi connectivity index (χ0n) is 23.4. The lowest BCUT2D eigenvalue weighted by Crippen LogP contribution is -2.58. The van der Waals surface area contributed by atoms with Crippen LogP contribution in [0.1, 0.15) is 33.1 Å². The molecule has 2 fully saturated rings. The molecule has 0 bridgehead atoms. The first-order chi connectivity index (χ1) is 19.0. The van der Waals surface area contributed by atoms with Crippen molar-refractivity contribution in [2.24, 2.45) is 0 Å². The molecule has 0 unspecified atom stereocenters. The van der Waals surface area contributed by atoms with Crippen LogP contribution in [0.3, 0.4) is 0 Å². The normalized spacial score (nSPS) is 20.8. The van der Waals surface area contributed by atoms with Crippen LogP contribution in [0.25, 0.3) is 0 Å². The molecule has 1 aromatic heterocycles. The van der Waals surface area contributed by atoms with Gasteiger partial charge >= 0.3 is 0 Å². The number of piperazine rings is 1. The molecular formula is C28H42N8O3. The van der Waals surface area contributed by atoms with Gasteiger partial charge in [-0.3, -0.25) is 4.79 Å². The number of rotatable bonds is 9. The molecule has 3 N–H and O–H groups in total. The zero-order valence-corrected chi connectivity index (χ0v) is 23.4. The first kappa shape index (κ1) is 27.4. The molecule has 11 heteroatoms. The van der Waals surface area contributed by atoms with Gasteiger partial charge in [-0.25, -0.2) is 4.98 Å². The number of hydrogen-bond acceptors (Lipinski definition) is 10. The Morgan fingerprint density at radius 2 is 1.92 bits per heavy atom. The lowest BCUT2D eigenvalue weighted by Gasteiger charge is -2.45. The summed E-state index contributed by atoms with van der Waals surface area (Å²) in [7, 11) is 1.81. The van der Waals surface area contributed by atoms with E-state index in [0.717, 1.165) is 81.5 Å². The second-order valence-corrected chi connectivity index (χ2v) is 10.4. The van der Waals surface area contributed by atoms with Crippen LogP contribution >= 0.6 is 0 Å². The number of carbonyl (C=O) groups is 1. The molecular weight excluding hydrogens is 496 g/mol. The van der Waals surface area contributed by atoms with Crippen LogP contribution in [0.15, 0.2) is 24.4 Å². The average molecular weight is 539 g/mol. The number of nitrogens with one attached hydrogen (secondary N) is 2. The van der Waals surface area contributed by atoms with Gasteiger partial charge in [0, 0.05) is 45.0 Å². The second-order valence-electron chi connectivity index (χ2n) is 10.4. The Bertz CT molecular complexity index is 1130. The average Bonchev–Trinajstić information content (AvgIpc) is 2.98. The number of ether oxygens (including phenoxy) is 1. The topological polar surface area (TPSA) is 109 Å². The van der Waals surface area contributed by atoms with Gasteiger partial charge < -0.3 is 40.1 Å². The van der Waals surface area contributed by atoms with Crippen molar-refractivity contribution in [2.45, 2.75) is 45.2 Å². The molecule has 2 aromatic rings. The van der Waals surface area contributed by atoms with Gasteiger partial charge in [0.1, 0.15) is 24.1 Å². The summed E-state index contributed by atoms with van der Waals surface area (Å²) in [5, 5.41) is 16.2. The number of aliphatic hydroxyl groups excluding tert-OH is 1. The van der Waals surface area contributed by atoms with Crippen LogP contribution in [-0.4, -0.2) is 104 Å². The van der Waals surface area contributed by atoms with Gasteiger partial charge in [0.2, 0.25) is 11.9 Å². The highest BCUT2D eigenvalue weighted by Gasteiger charge is 2.40. The number of amides is 1. The maximum Gasteiger partial charge on any atom is 0.249 e. The number of fused-ring (bicyclic) bond motifs is 1. The van der Waals surface area contributed by atoms with E-state index >= 15 is 0 Å². The van der Waals surface area contributed by atoms with Crippen molar-refractivity contribution in [1.82, 2.24) is 20.2 Å². The summed E-state index contributed by atoms with van der Waals surface area (Å²) in [6.45, 7) is 11.3. The number of hydrogen-bond donors (Lipinski definition) is 3. The molecule has 0 aliphatic carbocycles. The van der Waals surface area contributed by atoms with Crippen LogP contribution in [0.4, 0.5) is 28.8 Å². The summed E-state index contributed by atoms with van der Waals surface area (Å²) in [5.74, 6) is 1.96. The van der Waals surface area contributed by atoms with E-state index in [9.17, 15) is 9.90 Å². The Kier molecular flexibility index (Phi) is 8.69. The molecule has 5 rings (SSSR count). The predicted molar refractivity (Wildman–Crippen MR) is 155 cm³/mol. The smallest absolute Gasteiger partial charge is 0.249 e. The van der Waals surface area contributed by atoms with Crippen molar-refractivity contribution in [3.05, 3.63) is 24.4 Å². The number of likely N-dealkylation sites (N-methyl/N-ethyl adjacent to an activating group) is 2. The van der Waals surface area contributed by atoms with E-state index in [-0.39, 0.29) is 31.2 Å². The van der Waals surface area contributed by atoms with Crippen molar-refractivity contribution in [1.29, 1.82) is 0 Å². The Morgan fingerprint density at radius 1 is 1.15 bits per heavy atom. The maximum atomic E-state index is 13.3. The van der Waals surface area contributed by atoms with E-state index in [2.05, 4.69) is 56.3 Å². The largest absolute Gasteiger partial charge is 0.489 e. The first-order valence-electron chi connectivity index (χ1n) is 14.3. The van der Waals surface area contributed by atoms with Crippen molar-refractivity contribution >= 4 is 34.7 Å². The predicted octanol–water partition coefficient (Wildman–Crippen LogP) is 2.05. The van der Waals surface area contributed by atoms with E-state index in [1.807, 2.05) is 13.1 Å². The van der Waals surface area contributed by atoms with Gasteiger partial charge in [-0.1, -0.05) is 13.8 Å². The molecule has 2 saturated heterocycles. The third-order valence-corrected chi connectivity index (χ3v) is 8.14. The molecule has 39 heavy (non-hydrogen) atoms. The molecule has 3 aliphatic rings. The number of nitrogens with zero attached hydrogens (tertiary/aromatic N) is 6. The molecule has 212 valence electrons. The van der Waals surface area contributed by atoms with Gasteiger partial charge in [0.05, 0.1) is 18.5 Å². The van der Waals surface area contributed by atoms with Crippen molar-refractivity contribution in [2.75, 3.05) is 86.1 Å². The van der Waals surface area contributed by atoms with E-state index in [0.29, 0.717) is 18.1 Å². The van der Waals surface area contributed by atoms with Gasteiger partial charge in [-0.05, 0) is 57.1 Å². The molecule has 1 amide bonds. The summed E-state index contributed by atoms with van der Waals surface area (Å²) in [4.78, 5) is 31.6. The summed E-state index contributed by atoms with van der Waals surface area (Å²) >= 11 is 0. The number of piperidine rings is 1. The fraction of sp³-hybridized carbons (Fsp3) is 0.607. The molecule has 4 heterocycles. The summed E-state index contributed by atoms with van der Waals surface area (Å²) in [6.07, 6.45) is 4.38. The summed E-state index contributed by atoms with van der Waals surface area (Å²) in [5.41, 5.74) is 2.59. The minimum absolute atomic E-state index is 0.0700. The zero-order chi connectivity index (χ0) is 27.4. The lowest BCUT2D eigenvalue weighted by molar-refractivity contribution is -0.120. The summed E-state index contributed by atoms with van der Waals surface area (Å²) < 4.78 is 5.86. The lowest BCUT2D eigenvalue weighted by atomic mass is 9.98. The van der Waals surface area contributed by atoms with Crippen molar-refractivity contribution in [3.63, 3.8) is 0 Å². The molecule has 1 aromatic carbocycles. The van der Waals surface area contributed by atoms with Gasteiger partial charge in [0.15, 0.2) is 5.82 Å². The number of anilines is 5. The third-order valence-electron chi connectivity index (χ3n) is 8.14. The first-order valence-corrected chi connectivity index (χ1v) is 14.3. The number of aromatic nitrogens is 2. The number of aliphatic hydroxyl groups is 1. The second kappa shape index (κ2) is 12.4. The Morgan fingerprint density at radius 3 is 2.62 bits per heavy atom. The fourth-order valence-electron chi connectivity index (χ4n) is 5.88. The minimum Gasteiger partial charge on any atom is -0.489 e. The number of carbonyl (C=O) groups excluding carboxylic acids is 1.